The van der Waals surface area contributed by atoms with Crippen LogP contribution in [0.25, 0.3) is 16.6 Å². The predicted molar refractivity (Wildman–Crippen MR) is 106 cm³/mol. The van der Waals surface area contributed by atoms with Crippen molar-refractivity contribution in [2.75, 3.05) is 11.6 Å². The number of hydrogen-bond donors (Lipinski definition) is 2. The summed E-state index contributed by atoms with van der Waals surface area (Å²) in [7, 11) is -3.58. The predicted octanol–water partition coefficient (Wildman–Crippen LogP) is 2.70. The number of fused-ring (bicyclic) bond motifs is 2. The lowest BCUT2D eigenvalue weighted by molar-refractivity contribution is 0.591. The molecule has 0 aliphatic heterocycles. The Labute approximate surface area is 162 Å². The quantitative estimate of drug-likeness (QED) is 0.530. The Morgan fingerprint density at radius 2 is 1.89 bits per heavy atom. The van der Waals surface area contributed by atoms with Crippen molar-refractivity contribution in [1.29, 1.82) is 0 Å². The number of nitrogens with zero attached hydrogens (tertiary/aromatic N) is 5. The Morgan fingerprint density at radius 1 is 1.11 bits per heavy atom. The molecule has 0 spiro atoms. The Kier molecular flexibility index (Phi) is 4.30. The van der Waals surface area contributed by atoms with Crippen molar-refractivity contribution >= 4 is 32.3 Å². The Balaban J connectivity index is 1.84. The summed E-state index contributed by atoms with van der Waals surface area (Å²) in [5.74, 6) is 0.463. The zero-order valence-corrected chi connectivity index (χ0v) is 16.8. The number of aromatic nitrogens is 6. The van der Waals surface area contributed by atoms with Gasteiger partial charge in [-0.15, -0.1) is 0 Å². The first-order valence-corrected chi connectivity index (χ1v) is 10.8. The van der Waals surface area contributed by atoms with Gasteiger partial charge in [-0.25, -0.2) is 8.42 Å². The molecule has 0 saturated carbocycles. The van der Waals surface area contributed by atoms with E-state index >= 15 is 0 Å². The fourth-order valence-corrected chi connectivity index (χ4v) is 3.67. The smallest absolute Gasteiger partial charge is 0.252 e. The molecule has 0 bridgehead atoms. The third-order valence-electron chi connectivity index (χ3n) is 4.65. The fourth-order valence-electron chi connectivity index (χ4n) is 3.17. The highest BCUT2D eigenvalue weighted by atomic mass is 32.2. The molecule has 0 fully saturated rings. The summed E-state index contributed by atoms with van der Waals surface area (Å²) in [6.45, 7) is 5.98. The van der Waals surface area contributed by atoms with Crippen LogP contribution in [0.15, 0.2) is 35.7 Å². The van der Waals surface area contributed by atoms with E-state index in [-0.39, 0.29) is 17.1 Å². The van der Waals surface area contributed by atoms with Crippen molar-refractivity contribution in [1.82, 2.24) is 29.8 Å². The molecule has 10 heteroatoms. The zero-order chi connectivity index (χ0) is 20.1. The number of aromatic amines is 1. The number of rotatable bonds is 5. The minimum absolute atomic E-state index is 0.142. The molecule has 9 nitrogen and oxygen atoms in total. The van der Waals surface area contributed by atoms with E-state index in [1.807, 2.05) is 39.0 Å². The summed E-state index contributed by atoms with van der Waals surface area (Å²) < 4.78 is 25.8. The summed E-state index contributed by atoms with van der Waals surface area (Å²) >= 11 is 0. The lowest BCUT2D eigenvalue weighted by atomic mass is 10.1. The number of anilines is 1. The van der Waals surface area contributed by atoms with Gasteiger partial charge in [0.1, 0.15) is 0 Å². The van der Waals surface area contributed by atoms with E-state index in [2.05, 4.69) is 30.6 Å². The van der Waals surface area contributed by atoms with Crippen LogP contribution in [0.4, 0.5) is 5.95 Å². The molecule has 0 saturated heterocycles. The number of H-pyrrole nitrogens is 1. The molecule has 28 heavy (non-hydrogen) atoms. The maximum atomic E-state index is 12.1. The fraction of sp³-hybridized carbons (Fsp3) is 0.333. The molecule has 4 rings (SSSR count). The van der Waals surface area contributed by atoms with Crippen LogP contribution in [0.1, 0.15) is 43.9 Å². The Bertz CT molecular complexity index is 1270. The van der Waals surface area contributed by atoms with Crippen LogP contribution >= 0.6 is 0 Å². The summed E-state index contributed by atoms with van der Waals surface area (Å²) in [5.41, 5.74) is 3.25. The number of nitrogens with one attached hydrogen (secondary N) is 2. The monoisotopic (exact) mass is 399 g/mol. The Morgan fingerprint density at radius 3 is 2.61 bits per heavy atom. The molecule has 1 atom stereocenters. The molecular formula is C18H21N7O2S. The van der Waals surface area contributed by atoms with Gasteiger partial charge < -0.3 is 5.32 Å². The van der Waals surface area contributed by atoms with Crippen molar-refractivity contribution in [3.63, 3.8) is 0 Å². The van der Waals surface area contributed by atoms with E-state index in [4.69, 9.17) is 0 Å². The van der Waals surface area contributed by atoms with E-state index in [1.54, 1.807) is 16.9 Å². The van der Waals surface area contributed by atoms with Crippen LogP contribution in [0.3, 0.4) is 0 Å². The molecular weight excluding hydrogens is 378 g/mol. The Hall–Kier alpha value is -3.01. The number of sulfone groups is 1. The van der Waals surface area contributed by atoms with Gasteiger partial charge >= 0.3 is 0 Å². The van der Waals surface area contributed by atoms with Gasteiger partial charge in [-0.05, 0) is 18.4 Å². The van der Waals surface area contributed by atoms with Gasteiger partial charge in [0.2, 0.25) is 15.8 Å². The third-order valence-corrected chi connectivity index (χ3v) is 5.50. The topological polar surface area (TPSA) is 118 Å². The minimum atomic E-state index is -3.58. The molecule has 146 valence electrons. The van der Waals surface area contributed by atoms with Crippen LogP contribution < -0.4 is 5.32 Å². The first-order chi connectivity index (χ1) is 13.3. The minimum Gasteiger partial charge on any atom is -0.347 e. The molecule has 4 aromatic rings. The first kappa shape index (κ1) is 18.4. The molecule has 1 unspecified atom stereocenters. The van der Waals surface area contributed by atoms with Crippen molar-refractivity contribution in [3.05, 3.63) is 41.7 Å². The van der Waals surface area contributed by atoms with Crippen LogP contribution in [-0.4, -0.2) is 44.5 Å². The van der Waals surface area contributed by atoms with E-state index in [1.165, 1.54) is 0 Å². The zero-order valence-electron chi connectivity index (χ0n) is 16.0. The summed E-state index contributed by atoms with van der Waals surface area (Å²) in [4.78, 5) is 8.50. The molecule has 0 radical (unpaired) electrons. The molecule has 0 amide bonds. The second-order valence-corrected chi connectivity index (χ2v) is 9.05. The van der Waals surface area contributed by atoms with Crippen molar-refractivity contribution < 1.29 is 8.42 Å². The normalized spacial score (nSPS) is 13.5. The average molecular weight is 399 g/mol. The average Bonchev–Trinajstić information content (AvgIpc) is 3.27. The second kappa shape index (κ2) is 6.55. The number of hydrogen-bond acceptors (Lipinski definition) is 7. The van der Waals surface area contributed by atoms with Gasteiger partial charge in [0.25, 0.3) is 5.16 Å². The van der Waals surface area contributed by atoms with Crippen molar-refractivity contribution in [3.8, 4) is 0 Å². The molecule has 0 aliphatic rings. The molecule has 0 aliphatic carbocycles. The largest absolute Gasteiger partial charge is 0.347 e. The van der Waals surface area contributed by atoms with Crippen molar-refractivity contribution in [2.24, 2.45) is 0 Å². The highest BCUT2D eigenvalue weighted by Crippen LogP contribution is 2.27. The van der Waals surface area contributed by atoms with E-state index in [9.17, 15) is 8.42 Å². The van der Waals surface area contributed by atoms with Gasteiger partial charge in [0, 0.05) is 17.2 Å². The van der Waals surface area contributed by atoms with Crippen LogP contribution in [0, 0.1) is 0 Å². The highest BCUT2D eigenvalue weighted by Gasteiger charge is 2.21. The van der Waals surface area contributed by atoms with Crippen LogP contribution in [-0.2, 0) is 9.84 Å². The van der Waals surface area contributed by atoms with Crippen LogP contribution in [0.2, 0.25) is 0 Å². The molecule has 3 aromatic heterocycles. The van der Waals surface area contributed by atoms with Gasteiger partial charge in [0.15, 0.2) is 5.65 Å². The maximum absolute atomic E-state index is 12.1. The molecule has 1 aromatic carbocycles. The first-order valence-electron chi connectivity index (χ1n) is 8.90. The van der Waals surface area contributed by atoms with E-state index in [0.717, 1.165) is 28.3 Å². The third kappa shape index (κ3) is 3.09. The van der Waals surface area contributed by atoms with Crippen LogP contribution in [0.5, 0.6) is 0 Å². The van der Waals surface area contributed by atoms with E-state index < -0.39 is 9.84 Å². The highest BCUT2D eigenvalue weighted by molar-refractivity contribution is 7.90. The lowest BCUT2D eigenvalue weighted by Crippen LogP contribution is -2.16. The van der Waals surface area contributed by atoms with Gasteiger partial charge in [-0.1, -0.05) is 32.0 Å². The second-order valence-electron chi connectivity index (χ2n) is 7.14. The summed E-state index contributed by atoms with van der Waals surface area (Å²) in [6.07, 6.45) is 4.56. The summed E-state index contributed by atoms with van der Waals surface area (Å²) in [5, 5.41) is 15.5. The molecule has 3 heterocycles. The van der Waals surface area contributed by atoms with Gasteiger partial charge in [-0.2, -0.15) is 24.7 Å². The summed E-state index contributed by atoms with van der Waals surface area (Å²) in [6, 6.07) is 5.73. The van der Waals surface area contributed by atoms with E-state index in [0.29, 0.717) is 11.6 Å². The van der Waals surface area contributed by atoms with Crippen molar-refractivity contribution in [2.45, 2.75) is 37.9 Å². The SMILES string of the molecule is CC(C)c1cnn2c(NC(C)c3cccc4cn[nH]c34)nc(S(C)(=O)=O)nc12. The molecule has 2 N–H and O–H groups in total. The van der Waals surface area contributed by atoms with Gasteiger partial charge in [0.05, 0.1) is 24.0 Å². The maximum Gasteiger partial charge on any atom is 0.252 e. The standard InChI is InChI=1S/C18H21N7O2S/c1-10(2)14-9-20-25-16(14)22-18(28(4,26)27)23-17(25)21-11(3)13-7-5-6-12-8-19-24-15(12)13/h5-11H,1-4H3,(H,19,24)(H,21,22,23). The van der Waals surface area contributed by atoms with Gasteiger partial charge in [-0.3, -0.25) is 5.10 Å². The number of benzene rings is 1. The lowest BCUT2D eigenvalue weighted by Gasteiger charge is -2.17. The number of para-hydroxylation sites is 1.